The van der Waals surface area contributed by atoms with Crippen molar-refractivity contribution < 1.29 is 14.7 Å². The lowest BCUT2D eigenvalue weighted by Gasteiger charge is -2.22. The third-order valence-electron chi connectivity index (χ3n) is 4.36. The molecule has 0 radical (unpaired) electrons. The molecule has 0 aliphatic carbocycles. The number of rotatable bonds is 8. The van der Waals surface area contributed by atoms with Crippen molar-refractivity contribution in [3.8, 4) is 0 Å². The molecule has 2 unspecified atom stereocenters. The Labute approximate surface area is 136 Å². The summed E-state index contributed by atoms with van der Waals surface area (Å²) in [5.74, 6) is -2.90. The molecule has 4 heteroatoms. The highest BCUT2D eigenvalue weighted by atomic mass is 16.4. The lowest BCUT2D eigenvalue weighted by molar-refractivity contribution is -0.146. The Kier molecular flexibility index (Phi) is 5.74. The zero-order valence-electron chi connectivity index (χ0n) is 13.4. The van der Waals surface area contributed by atoms with Gasteiger partial charge in [0.15, 0.2) is 0 Å². The topological polar surface area (TPSA) is 80.4 Å². The number of aliphatic carboxylic acids is 1. The first-order valence-corrected chi connectivity index (χ1v) is 8.03. The maximum atomic E-state index is 11.8. The Bertz CT molecular complexity index is 691. The van der Waals surface area contributed by atoms with Gasteiger partial charge in [-0.05, 0) is 29.2 Å². The maximum Gasteiger partial charge on any atom is 0.307 e. The van der Waals surface area contributed by atoms with Crippen LogP contribution in [0.25, 0.3) is 10.8 Å². The van der Waals surface area contributed by atoms with E-state index in [0.29, 0.717) is 12.8 Å². The van der Waals surface area contributed by atoms with Crippen molar-refractivity contribution in [2.45, 2.75) is 32.6 Å². The number of carbonyl (C=O) groups is 2. The van der Waals surface area contributed by atoms with Gasteiger partial charge in [0.05, 0.1) is 11.8 Å². The van der Waals surface area contributed by atoms with Crippen molar-refractivity contribution in [1.82, 2.24) is 0 Å². The molecule has 0 bridgehead atoms. The summed E-state index contributed by atoms with van der Waals surface area (Å²) >= 11 is 0. The Morgan fingerprint density at radius 2 is 1.78 bits per heavy atom. The number of hydrogen-bond donors (Lipinski definition) is 2. The van der Waals surface area contributed by atoms with Crippen LogP contribution in [0.15, 0.2) is 42.5 Å². The zero-order valence-corrected chi connectivity index (χ0v) is 13.4. The number of amides is 1. The summed E-state index contributed by atoms with van der Waals surface area (Å²) in [5, 5.41) is 11.7. The molecule has 1 amide bonds. The third kappa shape index (κ3) is 4.09. The van der Waals surface area contributed by atoms with Crippen molar-refractivity contribution in [3.05, 3.63) is 48.0 Å². The first kappa shape index (κ1) is 17.0. The molecule has 2 aromatic carbocycles. The minimum absolute atomic E-state index is 0.313. The van der Waals surface area contributed by atoms with Crippen molar-refractivity contribution in [3.63, 3.8) is 0 Å². The number of carboxylic acid groups (broad SMARTS) is 1. The van der Waals surface area contributed by atoms with Gasteiger partial charge in [0.1, 0.15) is 0 Å². The normalized spacial score (nSPS) is 13.6. The molecule has 2 aromatic rings. The fraction of sp³-hybridized carbons (Fsp3) is 0.368. The van der Waals surface area contributed by atoms with Crippen LogP contribution < -0.4 is 5.73 Å². The molecular formula is C19H23NO3. The van der Waals surface area contributed by atoms with Crippen LogP contribution in [0.3, 0.4) is 0 Å². The average Bonchev–Trinajstić information content (AvgIpc) is 2.53. The number of fused-ring (bicyclic) bond motifs is 1. The van der Waals surface area contributed by atoms with Gasteiger partial charge in [-0.3, -0.25) is 9.59 Å². The second-order valence-electron chi connectivity index (χ2n) is 5.94. The number of benzene rings is 2. The highest BCUT2D eigenvalue weighted by Gasteiger charge is 2.32. The van der Waals surface area contributed by atoms with E-state index >= 15 is 0 Å². The maximum absolute atomic E-state index is 11.8. The lowest BCUT2D eigenvalue weighted by atomic mass is 9.82. The van der Waals surface area contributed by atoms with Gasteiger partial charge in [-0.15, -0.1) is 0 Å². The van der Waals surface area contributed by atoms with E-state index in [1.165, 1.54) is 0 Å². The predicted molar refractivity (Wildman–Crippen MR) is 91.0 cm³/mol. The molecular weight excluding hydrogens is 290 g/mol. The van der Waals surface area contributed by atoms with Crippen molar-refractivity contribution >= 4 is 22.6 Å². The number of unbranched alkanes of at least 4 members (excludes halogenated alkanes) is 1. The van der Waals surface area contributed by atoms with E-state index in [4.69, 9.17) is 5.73 Å². The van der Waals surface area contributed by atoms with Crippen LogP contribution in [-0.2, 0) is 16.0 Å². The highest BCUT2D eigenvalue weighted by Crippen LogP contribution is 2.27. The molecule has 0 heterocycles. The van der Waals surface area contributed by atoms with Crippen LogP contribution in [0.1, 0.15) is 31.7 Å². The molecule has 2 atom stereocenters. The third-order valence-corrected chi connectivity index (χ3v) is 4.36. The standard InChI is InChI=1S/C19H23NO3/c1-2-3-10-16(18(20)21)17(19(22)23)12-14-9-6-8-13-7-4-5-11-15(13)14/h4-9,11,16-17H,2-3,10,12H2,1H3,(H2,20,21)(H,22,23). The fourth-order valence-electron chi connectivity index (χ4n) is 3.07. The van der Waals surface area contributed by atoms with Crippen LogP contribution in [0, 0.1) is 11.8 Å². The second-order valence-corrected chi connectivity index (χ2v) is 5.94. The van der Waals surface area contributed by atoms with Crippen molar-refractivity contribution in [2.75, 3.05) is 0 Å². The second kappa shape index (κ2) is 7.77. The minimum atomic E-state index is -0.960. The monoisotopic (exact) mass is 313 g/mol. The first-order valence-electron chi connectivity index (χ1n) is 8.03. The van der Waals surface area contributed by atoms with Crippen LogP contribution in [0.2, 0.25) is 0 Å². The van der Waals surface area contributed by atoms with E-state index < -0.39 is 23.7 Å². The molecule has 0 fully saturated rings. The SMILES string of the molecule is CCCCC(C(N)=O)C(Cc1cccc2ccccc12)C(=O)O. The molecule has 0 aliphatic heterocycles. The quantitative estimate of drug-likeness (QED) is 0.784. The van der Waals surface area contributed by atoms with E-state index in [1.807, 2.05) is 49.4 Å². The highest BCUT2D eigenvalue weighted by molar-refractivity contribution is 5.87. The number of primary amides is 1. The van der Waals surface area contributed by atoms with Crippen molar-refractivity contribution in [2.24, 2.45) is 17.6 Å². The summed E-state index contributed by atoms with van der Waals surface area (Å²) in [6.07, 6.45) is 2.54. The van der Waals surface area contributed by atoms with Gasteiger partial charge in [0.2, 0.25) is 5.91 Å². The van der Waals surface area contributed by atoms with Gasteiger partial charge in [-0.1, -0.05) is 62.2 Å². The molecule has 2 rings (SSSR count). The molecule has 0 aliphatic rings. The Hall–Kier alpha value is -2.36. The fourth-order valence-corrected chi connectivity index (χ4v) is 3.07. The summed E-state index contributed by atoms with van der Waals surface area (Å²) < 4.78 is 0. The average molecular weight is 313 g/mol. The Morgan fingerprint density at radius 3 is 2.43 bits per heavy atom. The molecule has 0 aromatic heterocycles. The van der Waals surface area contributed by atoms with Gasteiger partial charge in [-0.25, -0.2) is 0 Å². The zero-order chi connectivity index (χ0) is 16.8. The van der Waals surface area contributed by atoms with Crippen LogP contribution >= 0.6 is 0 Å². The number of carbonyl (C=O) groups excluding carboxylic acids is 1. The van der Waals surface area contributed by atoms with Gasteiger partial charge >= 0.3 is 5.97 Å². The van der Waals surface area contributed by atoms with E-state index in [9.17, 15) is 14.7 Å². The van der Waals surface area contributed by atoms with Gasteiger partial charge in [-0.2, -0.15) is 0 Å². The van der Waals surface area contributed by atoms with E-state index in [0.717, 1.165) is 29.2 Å². The summed E-state index contributed by atoms with van der Waals surface area (Å²) in [6, 6.07) is 13.7. The molecule has 0 spiro atoms. The van der Waals surface area contributed by atoms with E-state index in [-0.39, 0.29) is 0 Å². The Balaban J connectivity index is 2.34. The summed E-state index contributed by atoms with van der Waals surface area (Å²) in [7, 11) is 0. The molecule has 122 valence electrons. The minimum Gasteiger partial charge on any atom is -0.481 e. The van der Waals surface area contributed by atoms with E-state index in [1.54, 1.807) is 0 Å². The molecule has 3 N–H and O–H groups in total. The molecule has 23 heavy (non-hydrogen) atoms. The molecule has 4 nitrogen and oxygen atoms in total. The predicted octanol–water partition coefficient (Wildman–Crippen LogP) is 3.37. The lowest BCUT2D eigenvalue weighted by Crippen LogP contribution is -2.35. The number of hydrogen-bond acceptors (Lipinski definition) is 2. The van der Waals surface area contributed by atoms with Gasteiger partial charge < -0.3 is 10.8 Å². The molecule has 0 saturated heterocycles. The van der Waals surface area contributed by atoms with Gasteiger partial charge in [0, 0.05) is 0 Å². The summed E-state index contributed by atoms with van der Waals surface area (Å²) in [6.45, 7) is 2.01. The summed E-state index contributed by atoms with van der Waals surface area (Å²) in [4.78, 5) is 23.5. The largest absolute Gasteiger partial charge is 0.481 e. The van der Waals surface area contributed by atoms with Crippen molar-refractivity contribution in [1.29, 1.82) is 0 Å². The van der Waals surface area contributed by atoms with Crippen LogP contribution in [-0.4, -0.2) is 17.0 Å². The number of carboxylic acids is 1. The van der Waals surface area contributed by atoms with Crippen LogP contribution in [0.4, 0.5) is 0 Å². The number of nitrogens with two attached hydrogens (primary N) is 1. The smallest absolute Gasteiger partial charge is 0.307 e. The summed E-state index contributed by atoms with van der Waals surface area (Å²) in [5.41, 5.74) is 6.42. The van der Waals surface area contributed by atoms with Crippen LogP contribution in [0.5, 0.6) is 0 Å². The molecule has 0 saturated carbocycles. The first-order chi connectivity index (χ1) is 11.0. The van der Waals surface area contributed by atoms with Gasteiger partial charge in [0.25, 0.3) is 0 Å². The Morgan fingerprint density at radius 1 is 1.09 bits per heavy atom. The van der Waals surface area contributed by atoms with E-state index in [2.05, 4.69) is 0 Å².